The van der Waals surface area contributed by atoms with E-state index in [2.05, 4.69) is 20.8 Å². The van der Waals surface area contributed by atoms with Crippen LogP contribution in [-0.4, -0.2) is 39.3 Å². The van der Waals surface area contributed by atoms with E-state index in [-0.39, 0.29) is 17.4 Å². The highest BCUT2D eigenvalue weighted by atomic mass is 16.5. The van der Waals surface area contributed by atoms with Gasteiger partial charge in [0.1, 0.15) is 6.04 Å². The van der Waals surface area contributed by atoms with Crippen LogP contribution >= 0.6 is 0 Å². The fourth-order valence-corrected chi connectivity index (χ4v) is 1.99. The Labute approximate surface area is 112 Å². The van der Waals surface area contributed by atoms with Crippen LogP contribution in [0.25, 0.3) is 0 Å². The van der Waals surface area contributed by atoms with Crippen molar-refractivity contribution in [3.63, 3.8) is 0 Å². The normalized spacial score (nSPS) is 17.3. The molecule has 7 nitrogen and oxygen atoms in total. The number of methoxy groups -OCH3 is 1. The van der Waals surface area contributed by atoms with Gasteiger partial charge in [0.15, 0.2) is 5.82 Å². The second-order valence-corrected chi connectivity index (χ2v) is 5.97. The van der Waals surface area contributed by atoms with Crippen LogP contribution in [0.3, 0.4) is 0 Å². The summed E-state index contributed by atoms with van der Waals surface area (Å²) >= 11 is 0. The molecule has 19 heavy (non-hydrogen) atoms. The van der Waals surface area contributed by atoms with Crippen molar-refractivity contribution in [2.24, 2.45) is 5.41 Å². The summed E-state index contributed by atoms with van der Waals surface area (Å²) in [5.74, 6) is 0.499. The molecule has 106 valence electrons. The van der Waals surface area contributed by atoms with Crippen molar-refractivity contribution >= 4 is 5.97 Å². The third-order valence-electron chi connectivity index (χ3n) is 3.22. The monoisotopic (exact) mass is 267 g/mol. The third-order valence-corrected chi connectivity index (χ3v) is 3.22. The maximum atomic E-state index is 11.8. The number of carbonyl (C=O) groups excluding carboxylic acids is 1. The highest BCUT2D eigenvalue weighted by Gasteiger charge is 2.33. The van der Waals surface area contributed by atoms with Gasteiger partial charge in [-0.1, -0.05) is 20.8 Å². The first-order valence-corrected chi connectivity index (χ1v) is 6.51. The van der Waals surface area contributed by atoms with Crippen LogP contribution in [-0.2, 0) is 16.1 Å². The van der Waals surface area contributed by atoms with Crippen LogP contribution in [0.4, 0.5) is 0 Å². The smallest absolute Gasteiger partial charge is 0.323 e. The number of tetrazole rings is 1. The van der Waals surface area contributed by atoms with Crippen LogP contribution in [0.15, 0.2) is 0 Å². The zero-order valence-electron chi connectivity index (χ0n) is 11.9. The van der Waals surface area contributed by atoms with Crippen molar-refractivity contribution in [1.82, 2.24) is 25.5 Å². The van der Waals surface area contributed by atoms with Crippen molar-refractivity contribution in [2.45, 2.75) is 52.2 Å². The third kappa shape index (κ3) is 3.28. The fourth-order valence-electron chi connectivity index (χ4n) is 1.99. The van der Waals surface area contributed by atoms with E-state index < -0.39 is 0 Å². The lowest BCUT2D eigenvalue weighted by molar-refractivity contribution is -0.146. The van der Waals surface area contributed by atoms with Gasteiger partial charge < -0.3 is 4.74 Å². The van der Waals surface area contributed by atoms with E-state index in [1.165, 1.54) is 7.11 Å². The number of esters is 1. The predicted molar refractivity (Wildman–Crippen MR) is 68.2 cm³/mol. The first kappa shape index (κ1) is 13.9. The van der Waals surface area contributed by atoms with Gasteiger partial charge in [-0.25, -0.2) is 4.68 Å². The van der Waals surface area contributed by atoms with Crippen molar-refractivity contribution < 1.29 is 9.53 Å². The summed E-state index contributed by atoms with van der Waals surface area (Å²) in [6, 6.07) is 0.0415. The van der Waals surface area contributed by atoms with Crippen LogP contribution in [0, 0.1) is 5.41 Å². The lowest BCUT2D eigenvalue weighted by Gasteiger charge is -2.28. The van der Waals surface area contributed by atoms with E-state index in [0.717, 1.165) is 18.7 Å². The average molecular weight is 267 g/mol. The zero-order valence-corrected chi connectivity index (χ0v) is 11.9. The summed E-state index contributed by atoms with van der Waals surface area (Å²) in [5, 5.41) is 14.9. The minimum Gasteiger partial charge on any atom is -0.468 e. The van der Waals surface area contributed by atoms with Crippen molar-refractivity contribution in [3.05, 3.63) is 5.82 Å². The minimum atomic E-state index is -0.387. The Kier molecular flexibility index (Phi) is 3.84. The molecule has 0 bridgehead atoms. The van der Waals surface area contributed by atoms with Crippen LogP contribution in [0.5, 0.6) is 0 Å². The van der Waals surface area contributed by atoms with Crippen LogP contribution in [0.1, 0.15) is 45.5 Å². The Bertz CT molecular complexity index is 447. The summed E-state index contributed by atoms with van der Waals surface area (Å²) in [6.07, 6.45) is 2.25. The molecule has 0 aromatic carbocycles. The molecule has 1 aromatic rings. The molecule has 0 aliphatic heterocycles. The number of nitrogens with one attached hydrogen (secondary N) is 1. The molecule has 1 saturated carbocycles. The van der Waals surface area contributed by atoms with Crippen molar-refractivity contribution in [2.75, 3.05) is 7.11 Å². The largest absolute Gasteiger partial charge is 0.468 e. The standard InChI is InChI=1S/C12H21N5O2/c1-12(2,3)10(11(18)19-4)13-7-9-14-15-16-17(9)8-5-6-8/h8,10,13H,5-7H2,1-4H3. The summed E-state index contributed by atoms with van der Waals surface area (Å²) in [6.45, 7) is 6.43. The molecule has 0 amide bonds. The highest BCUT2D eigenvalue weighted by molar-refractivity contribution is 5.76. The number of hydrogen-bond donors (Lipinski definition) is 1. The molecule has 0 radical (unpaired) electrons. The first-order valence-electron chi connectivity index (χ1n) is 6.51. The van der Waals surface area contributed by atoms with Gasteiger partial charge in [-0.05, 0) is 28.7 Å². The SMILES string of the molecule is COC(=O)C(NCc1nnnn1C1CC1)C(C)(C)C. The lowest BCUT2D eigenvalue weighted by atomic mass is 9.87. The lowest BCUT2D eigenvalue weighted by Crippen LogP contribution is -2.47. The van der Waals surface area contributed by atoms with E-state index in [9.17, 15) is 4.79 Å². The number of nitrogens with zero attached hydrogens (tertiary/aromatic N) is 4. The topological polar surface area (TPSA) is 81.9 Å². The summed E-state index contributed by atoms with van der Waals surface area (Å²) in [4.78, 5) is 11.8. The van der Waals surface area contributed by atoms with Crippen LogP contribution in [0.2, 0.25) is 0 Å². The molecule has 1 atom stereocenters. The number of ether oxygens (including phenoxy) is 1. The maximum absolute atomic E-state index is 11.8. The molecular formula is C12H21N5O2. The van der Waals surface area contributed by atoms with Crippen LogP contribution < -0.4 is 5.32 Å². The average Bonchev–Trinajstić information content (AvgIpc) is 3.07. The van der Waals surface area contributed by atoms with Crippen molar-refractivity contribution in [3.8, 4) is 0 Å². The molecule has 1 N–H and O–H groups in total. The van der Waals surface area contributed by atoms with E-state index in [4.69, 9.17) is 4.74 Å². The van der Waals surface area contributed by atoms with Gasteiger partial charge in [-0.15, -0.1) is 5.10 Å². The van der Waals surface area contributed by atoms with E-state index in [0.29, 0.717) is 12.6 Å². The van der Waals surface area contributed by atoms with Gasteiger partial charge in [-0.2, -0.15) is 0 Å². The molecule has 1 aromatic heterocycles. The molecule has 1 heterocycles. The molecule has 1 aliphatic rings. The maximum Gasteiger partial charge on any atom is 0.323 e. The fraction of sp³-hybridized carbons (Fsp3) is 0.833. The molecule has 0 saturated heterocycles. The Morgan fingerprint density at radius 3 is 2.74 bits per heavy atom. The van der Waals surface area contributed by atoms with E-state index >= 15 is 0 Å². The Balaban J connectivity index is 2.02. The molecule has 1 fully saturated rings. The Hall–Kier alpha value is -1.50. The predicted octanol–water partition coefficient (Wildman–Crippen LogP) is 0.685. The Morgan fingerprint density at radius 2 is 2.21 bits per heavy atom. The second-order valence-electron chi connectivity index (χ2n) is 5.97. The number of carbonyl (C=O) groups is 1. The Morgan fingerprint density at radius 1 is 1.53 bits per heavy atom. The van der Waals surface area contributed by atoms with Gasteiger partial charge in [-0.3, -0.25) is 10.1 Å². The number of aromatic nitrogens is 4. The van der Waals surface area contributed by atoms with Gasteiger partial charge in [0.25, 0.3) is 0 Å². The highest BCUT2D eigenvalue weighted by Crippen LogP contribution is 2.34. The molecule has 7 heteroatoms. The second kappa shape index (κ2) is 5.24. The van der Waals surface area contributed by atoms with Gasteiger partial charge in [0.05, 0.1) is 19.7 Å². The van der Waals surface area contributed by atoms with Gasteiger partial charge >= 0.3 is 5.97 Å². The minimum absolute atomic E-state index is 0.231. The van der Waals surface area contributed by atoms with Gasteiger partial charge in [0.2, 0.25) is 0 Å². The number of hydrogen-bond acceptors (Lipinski definition) is 6. The molecular weight excluding hydrogens is 246 g/mol. The zero-order chi connectivity index (χ0) is 14.0. The summed E-state index contributed by atoms with van der Waals surface area (Å²) in [7, 11) is 1.40. The summed E-state index contributed by atoms with van der Waals surface area (Å²) < 4.78 is 6.68. The van der Waals surface area contributed by atoms with Gasteiger partial charge in [0, 0.05) is 0 Å². The number of rotatable bonds is 5. The van der Waals surface area contributed by atoms with E-state index in [1.807, 2.05) is 25.5 Å². The molecule has 2 rings (SSSR count). The molecule has 0 spiro atoms. The van der Waals surface area contributed by atoms with E-state index in [1.54, 1.807) is 0 Å². The van der Waals surface area contributed by atoms with Crippen molar-refractivity contribution in [1.29, 1.82) is 0 Å². The summed E-state index contributed by atoms with van der Waals surface area (Å²) in [5.41, 5.74) is -0.231. The molecule has 1 aliphatic carbocycles. The first-order chi connectivity index (χ1) is 8.93. The molecule has 1 unspecified atom stereocenters. The quantitative estimate of drug-likeness (QED) is 0.790.